The molecular weight excluding hydrogens is 224 g/mol. The first kappa shape index (κ1) is 13.2. The molecule has 0 spiro atoms. The number of anilines is 1. The van der Waals surface area contributed by atoms with Crippen LogP contribution in [0.2, 0.25) is 0 Å². The molecule has 18 heavy (non-hydrogen) atoms. The minimum Gasteiger partial charge on any atom is -0.496 e. The molecule has 2 rings (SSSR count). The van der Waals surface area contributed by atoms with Crippen LogP contribution in [0.25, 0.3) is 0 Å². The quantitative estimate of drug-likeness (QED) is 0.893. The Hall–Kier alpha value is -1.22. The van der Waals surface area contributed by atoms with Gasteiger partial charge in [-0.25, -0.2) is 0 Å². The van der Waals surface area contributed by atoms with E-state index in [2.05, 4.69) is 24.0 Å². The van der Waals surface area contributed by atoms with E-state index >= 15 is 0 Å². The van der Waals surface area contributed by atoms with Crippen molar-refractivity contribution in [3.63, 3.8) is 0 Å². The lowest BCUT2D eigenvalue weighted by atomic mass is 9.97. The van der Waals surface area contributed by atoms with Gasteiger partial charge in [-0.15, -0.1) is 0 Å². The van der Waals surface area contributed by atoms with E-state index in [-0.39, 0.29) is 6.04 Å². The summed E-state index contributed by atoms with van der Waals surface area (Å²) in [7, 11) is 1.71. The van der Waals surface area contributed by atoms with E-state index in [1.165, 1.54) is 18.5 Å². The summed E-state index contributed by atoms with van der Waals surface area (Å²) < 4.78 is 5.45. The summed E-state index contributed by atoms with van der Waals surface area (Å²) in [6.07, 6.45) is 2.52. The molecule has 1 aliphatic rings. The Morgan fingerprint density at radius 3 is 2.56 bits per heavy atom. The van der Waals surface area contributed by atoms with Gasteiger partial charge in [0.05, 0.1) is 7.11 Å². The molecule has 0 unspecified atom stereocenters. The molecular formula is C15H24N2O. The van der Waals surface area contributed by atoms with E-state index in [1.54, 1.807) is 7.11 Å². The maximum absolute atomic E-state index is 6.12. The zero-order chi connectivity index (χ0) is 13.1. The van der Waals surface area contributed by atoms with Crippen LogP contribution in [0, 0.1) is 5.92 Å². The van der Waals surface area contributed by atoms with Crippen LogP contribution in [0.4, 0.5) is 5.69 Å². The molecule has 1 aromatic rings. The smallest absolute Gasteiger partial charge is 0.125 e. The van der Waals surface area contributed by atoms with Gasteiger partial charge in [-0.1, -0.05) is 13.0 Å². The largest absolute Gasteiger partial charge is 0.496 e. The maximum Gasteiger partial charge on any atom is 0.125 e. The van der Waals surface area contributed by atoms with Crippen LogP contribution < -0.4 is 15.4 Å². The molecule has 0 aliphatic carbocycles. The number of ether oxygens (including phenoxy) is 1. The summed E-state index contributed by atoms with van der Waals surface area (Å²) >= 11 is 0. The predicted molar refractivity (Wildman–Crippen MR) is 76.2 cm³/mol. The van der Waals surface area contributed by atoms with Gasteiger partial charge in [0.1, 0.15) is 5.75 Å². The third-order valence-corrected chi connectivity index (χ3v) is 3.84. The molecule has 1 saturated heterocycles. The SMILES string of the molecule is COc1cccc(N2CCC(C)CC2)c1[C@@H](C)N. The lowest BCUT2D eigenvalue weighted by Gasteiger charge is -2.34. The van der Waals surface area contributed by atoms with Gasteiger partial charge < -0.3 is 15.4 Å². The zero-order valence-electron chi connectivity index (χ0n) is 11.6. The Bertz CT molecular complexity index is 395. The minimum absolute atomic E-state index is 0.00417. The number of nitrogens with two attached hydrogens (primary N) is 1. The van der Waals surface area contributed by atoms with E-state index in [1.807, 2.05) is 13.0 Å². The summed E-state index contributed by atoms with van der Waals surface area (Å²) in [6.45, 7) is 6.59. The Balaban J connectivity index is 2.32. The zero-order valence-corrected chi connectivity index (χ0v) is 11.6. The summed E-state index contributed by atoms with van der Waals surface area (Å²) in [6, 6.07) is 6.21. The third kappa shape index (κ3) is 2.61. The molecule has 0 amide bonds. The van der Waals surface area contributed by atoms with Crippen LogP contribution in [-0.4, -0.2) is 20.2 Å². The molecule has 0 bridgehead atoms. The van der Waals surface area contributed by atoms with Crippen LogP contribution in [0.5, 0.6) is 5.75 Å². The molecule has 1 aliphatic heterocycles. The van der Waals surface area contributed by atoms with E-state index in [0.29, 0.717) is 0 Å². The molecule has 2 N–H and O–H groups in total. The Morgan fingerprint density at radius 2 is 2.00 bits per heavy atom. The van der Waals surface area contributed by atoms with Crippen LogP contribution in [0.3, 0.4) is 0 Å². The normalized spacial score (nSPS) is 18.8. The molecule has 3 heteroatoms. The number of hydrogen-bond acceptors (Lipinski definition) is 3. The molecule has 3 nitrogen and oxygen atoms in total. The second-order valence-corrected chi connectivity index (χ2v) is 5.35. The Labute approximate surface area is 110 Å². The first-order valence-corrected chi connectivity index (χ1v) is 6.81. The molecule has 1 heterocycles. The highest BCUT2D eigenvalue weighted by molar-refractivity contribution is 5.61. The van der Waals surface area contributed by atoms with E-state index in [0.717, 1.165) is 30.3 Å². The number of hydrogen-bond donors (Lipinski definition) is 1. The topological polar surface area (TPSA) is 38.5 Å². The minimum atomic E-state index is -0.00417. The van der Waals surface area contributed by atoms with Gasteiger partial charge in [0, 0.05) is 30.4 Å². The fraction of sp³-hybridized carbons (Fsp3) is 0.600. The van der Waals surface area contributed by atoms with Gasteiger partial charge in [-0.3, -0.25) is 0 Å². The highest BCUT2D eigenvalue weighted by atomic mass is 16.5. The molecule has 0 radical (unpaired) electrons. The lowest BCUT2D eigenvalue weighted by Crippen LogP contribution is -2.34. The van der Waals surface area contributed by atoms with Gasteiger partial charge in [-0.2, -0.15) is 0 Å². The number of nitrogens with zero attached hydrogens (tertiary/aromatic N) is 1. The first-order valence-electron chi connectivity index (χ1n) is 6.81. The van der Waals surface area contributed by atoms with Crippen molar-refractivity contribution in [1.29, 1.82) is 0 Å². The molecule has 1 atom stereocenters. The van der Waals surface area contributed by atoms with Crippen molar-refractivity contribution in [3.8, 4) is 5.75 Å². The fourth-order valence-electron chi connectivity index (χ4n) is 2.69. The second kappa shape index (κ2) is 5.61. The molecule has 1 fully saturated rings. The third-order valence-electron chi connectivity index (χ3n) is 3.84. The highest BCUT2D eigenvalue weighted by Crippen LogP contribution is 2.35. The molecule has 100 valence electrons. The average molecular weight is 248 g/mol. The summed E-state index contributed by atoms with van der Waals surface area (Å²) in [4.78, 5) is 2.45. The molecule has 1 aromatic carbocycles. The molecule has 0 aromatic heterocycles. The predicted octanol–water partition coefficient (Wildman–Crippen LogP) is 2.95. The first-order chi connectivity index (χ1) is 8.63. The number of benzene rings is 1. The van der Waals surface area contributed by atoms with Crippen LogP contribution >= 0.6 is 0 Å². The van der Waals surface area contributed by atoms with Crippen molar-refractivity contribution >= 4 is 5.69 Å². The maximum atomic E-state index is 6.12. The number of rotatable bonds is 3. The van der Waals surface area contributed by atoms with Crippen molar-refractivity contribution in [3.05, 3.63) is 23.8 Å². The highest BCUT2D eigenvalue weighted by Gasteiger charge is 2.21. The van der Waals surface area contributed by atoms with Crippen LogP contribution in [0.1, 0.15) is 38.3 Å². The molecule has 0 saturated carbocycles. The van der Waals surface area contributed by atoms with E-state index in [4.69, 9.17) is 10.5 Å². The number of methoxy groups -OCH3 is 1. The van der Waals surface area contributed by atoms with Crippen molar-refractivity contribution in [2.45, 2.75) is 32.7 Å². The lowest BCUT2D eigenvalue weighted by molar-refractivity contribution is 0.405. The van der Waals surface area contributed by atoms with Crippen LogP contribution in [0.15, 0.2) is 18.2 Å². The Kier molecular flexibility index (Phi) is 4.12. The van der Waals surface area contributed by atoms with Crippen LogP contribution in [-0.2, 0) is 0 Å². The van der Waals surface area contributed by atoms with E-state index < -0.39 is 0 Å². The standard InChI is InChI=1S/C15H24N2O/c1-11-7-9-17(10-8-11)13-5-4-6-14(18-3)15(13)12(2)16/h4-6,11-12H,7-10,16H2,1-3H3/t12-/m1/s1. The van der Waals surface area contributed by atoms with Gasteiger partial charge in [0.25, 0.3) is 0 Å². The van der Waals surface area contributed by atoms with Crippen molar-refractivity contribution in [1.82, 2.24) is 0 Å². The van der Waals surface area contributed by atoms with Gasteiger partial charge in [0.2, 0.25) is 0 Å². The fourth-order valence-corrected chi connectivity index (χ4v) is 2.69. The summed E-state index contributed by atoms with van der Waals surface area (Å²) in [5.41, 5.74) is 8.50. The van der Waals surface area contributed by atoms with Gasteiger partial charge in [0.15, 0.2) is 0 Å². The van der Waals surface area contributed by atoms with Gasteiger partial charge in [-0.05, 0) is 37.8 Å². The van der Waals surface area contributed by atoms with Gasteiger partial charge >= 0.3 is 0 Å². The second-order valence-electron chi connectivity index (χ2n) is 5.35. The summed E-state index contributed by atoms with van der Waals surface area (Å²) in [5.74, 6) is 1.74. The average Bonchev–Trinajstić information content (AvgIpc) is 2.38. The monoisotopic (exact) mass is 248 g/mol. The summed E-state index contributed by atoms with van der Waals surface area (Å²) in [5, 5.41) is 0. The van der Waals surface area contributed by atoms with Crippen molar-refractivity contribution in [2.75, 3.05) is 25.1 Å². The van der Waals surface area contributed by atoms with E-state index in [9.17, 15) is 0 Å². The Morgan fingerprint density at radius 1 is 1.33 bits per heavy atom. The van der Waals surface area contributed by atoms with Crippen molar-refractivity contribution < 1.29 is 4.74 Å². The van der Waals surface area contributed by atoms with Crippen molar-refractivity contribution in [2.24, 2.45) is 11.7 Å². The number of piperidine rings is 1.